The van der Waals surface area contributed by atoms with Crippen molar-refractivity contribution >= 4 is 5.71 Å². The molecule has 0 aliphatic carbocycles. The first kappa shape index (κ1) is 12.3. The number of nitrogens with one attached hydrogen (secondary N) is 1. The molecule has 1 unspecified atom stereocenters. The molecule has 2 heterocycles. The Kier molecular flexibility index (Phi) is 2.67. The third-order valence-electron chi connectivity index (χ3n) is 4.28. The molecule has 0 spiro atoms. The molecule has 102 valence electrons. The molecule has 0 aromatic heterocycles. The molecule has 2 atom stereocenters. The van der Waals surface area contributed by atoms with Crippen molar-refractivity contribution in [3.8, 4) is 11.5 Å². The summed E-state index contributed by atoms with van der Waals surface area (Å²) in [4.78, 5) is 6.89. The summed E-state index contributed by atoms with van der Waals surface area (Å²) in [5.74, 6) is 1.56. The molecule has 0 radical (unpaired) electrons. The Balaban J connectivity index is 1.95. The Morgan fingerprint density at radius 3 is 2.79 bits per heavy atom. The number of benzene rings is 1. The lowest BCUT2D eigenvalue weighted by Crippen LogP contribution is -3.19. The molecule has 5 nitrogen and oxygen atoms in total. The van der Waals surface area contributed by atoms with E-state index in [-0.39, 0.29) is 18.6 Å². The van der Waals surface area contributed by atoms with Crippen LogP contribution in [0.5, 0.6) is 11.5 Å². The van der Waals surface area contributed by atoms with Crippen molar-refractivity contribution in [1.82, 2.24) is 0 Å². The first-order valence-electron chi connectivity index (χ1n) is 6.44. The molecule has 2 aliphatic rings. The van der Waals surface area contributed by atoms with Crippen LogP contribution in [0.4, 0.5) is 0 Å². The van der Waals surface area contributed by atoms with Crippen LogP contribution < -0.4 is 14.4 Å². The monoisotopic (exact) mass is 263 g/mol. The minimum atomic E-state index is -0.131. The topological polar surface area (TPSA) is 44.5 Å². The van der Waals surface area contributed by atoms with Gasteiger partial charge in [-0.15, -0.1) is 0 Å². The maximum atomic E-state index is 5.64. The summed E-state index contributed by atoms with van der Waals surface area (Å²) in [6, 6.07) is 5.91. The van der Waals surface area contributed by atoms with Crippen LogP contribution in [0.1, 0.15) is 32.6 Å². The van der Waals surface area contributed by atoms with Crippen LogP contribution in [-0.4, -0.2) is 25.1 Å². The van der Waals surface area contributed by atoms with Gasteiger partial charge in [-0.2, -0.15) is 0 Å². The van der Waals surface area contributed by atoms with Crippen molar-refractivity contribution < 1.29 is 19.2 Å². The summed E-state index contributed by atoms with van der Waals surface area (Å²) in [6.45, 7) is 6.63. The maximum Gasteiger partial charge on any atom is 0.283 e. The molecule has 1 N–H and O–H groups in total. The van der Waals surface area contributed by atoms with Crippen LogP contribution in [0.15, 0.2) is 23.4 Å². The van der Waals surface area contributed by atoms with Crippen LogP contribution >= 0.6 is 0 Å². The van der Waals surface area contributed by atoms with Crippen LogP contribution in [0.25, 0.3) is 0 Å². The zero-order chi connectivity index (χ0) is 13.6. The molecule has 1 aromatic carbocycles. The van der Waals surface area contributed by atoms with E-state index in [2.05, 4.69) is 26.1 Å². The van der Waals surface area contributed by atoms with E-state index in [4.69, 9.17) is 14.3 Å². The fraction of sp³-hybridized carbons (Fsp3) is 0.500. The van der Waals surface area contributed by atoms with E-state index in [9.17, 15) is 0 Å². The molecular formula is C14H19N2O3+. The summed E-state index contributed by atoms with van der Waals surface area (Å²) in [5.41, 5.74) is 1.99. The van der Waals surface area contributed by atoms with Gasteiger partial charge in [-0.25, -0.2) is 0 Å². The molecule has 3 rings (SSSR count). The van der Waals surface area contributed by atoms with Crippen molar-refractivity contribution in [2.24, 2.45) is 5.16 Å². The van der Waals surface area contributed by atoms with Gasteiger partial charge in [-0.1, -0.05) is 5.16 Å². The molecule has 0 bridgehead atoms. The van der Waals surface area contributed by atoms with E-state index in [1.54, 1.807) is 0 Å². The molecular weight excluding hydrogens is 244 g/mol. The average molecular weight is 263 g/mol. The Hall–Kier alpha value is -1.75. The second kappa shape index (κ2) is 4.13. The van der Waals surface area contributed by atoms with E-state index < -0.39 is 0 Å². The number of nitrogens with zero attached hydrogens (tertiary/aromatic N) is 1. The second-order valence-corrected chi connectivity index (χ2v) is 5.58. The van der Waals surface area contributed by atoms with Crippen LogP contribution in [0.2, 0.25) is 0 Å². The van der Waals surface area contributed by atoms with Crippen molar-refractivity contribution in [1.29, 1.82) is 0 Å². The Labute approximate surface area is 112 Å². The van der Waals surface area contributed by atoms with E-state index in [1.807, 2.05) is 25.1 Å². The quantitative estimate of drug-likeness (QED) is 0.825. The van der Waals surface area contributed by atoms with Gasteiger partial charge in [0, 0.05) is 0 Å². The number of hydrogen-bond donors (Lipinski definition) is 1. The molecule has 5 heteroatoms. The van der Waals surface area contributed by atoms with Crippen LogP contribution in [0.3, 0.4) is 0 Å². The Morgan fingerprint density at radius 1 is 1.26 bits per heavy atom. The molecule has 0 saturated carbocycles. The SMILES string of the molecule is CC1=NO[C@@H](c2ccc3c(c2)OCO3)[NH+](C)C1(C)C. The number of rotatable bonds is 1. The van der Waals surface area contributed by atoms with Gasteiger partial charge in [-0.05, 0) is 39.0 Å². The molecule has 0 saturated heterocycles. The first-order valence-corrected chi connectivity index (χ1v) is 6.44. The normalized spacial score (nSPS) is 27.7. The summed E-state index contributed by atoms with van der Waals surface area (Å²) in [5, 5.41) is 4.21. The highest BCUT2D eigenvalue weighted by Crippen LogP contribution is 2.34. The summed E-state index contributed by atoms with van der Waals surface area (Å²) < 4.78 is 10.7. The van der Waals surface area contributed by atoms with Gasteiger partial charge in [0.2, 0.25) is 6.79 Å². The summed E-state index contributed by atoms with van der Waals surface area (Å²) in [6.07, 6.45) is -0.131. The maximum absolute atomic E-state index is 5.64. The third kappa shape index (κ3) is 1.85. The molecule has 1 aromatic rings. The van der Waals surface area contributed by atoms with E-state index in [0.29, 0.717) is 0 Å². The van der Waals surface area contributed by atoms with Gasteiger partial charge >= 0.3 is 0 Å². The van der Waals surface area contributed by atoms with Crippen molar-refractivity contribution in [2.75, 3.05) is 13.8 Å². The second-order valence-electron chi connectivity index (χ2n) is 5.58. The number of fused-ring (bicyclic) bond motifs is 1. The largest absolute Gasteiger partial charge is 0.454 e. The molecule has 0 amide bonds. The fourth-order valence-electron chi connectivity index (χ4n) is 2.33. The van der Waals surface area contributed by atoms with Crippen molar-refractivity contribution in [3.05, 3.63) is 23.8 Å². The standard InChI is InChI=1S/C14H18N2O3/c1-9-14(2,3)16(4)13(19-15-9)10-5-6-11-12(7-10)18-8-17-11/h5-7,13H,8H2,1-4H3/p+1/t13-/m0/s1. The Morgan fingerprint density at radius 2 is 2.00 bits per heavy atom. The Bertz CT molecular complexity index is 539. The minimum absolute atomic E-state index is 0.0563. The number of oxime groups is 1. The fourth-order valence-corrected chi connectivity index (χ4v) is 2.33. The predicted octanol–water partition coefficient (Wildman–Crippen LogP) is 1.11. The van der Waals surface area contributed by atoms with Crippen molar-refractivity contribution in [2.45, 2.75) is 32.5 Å². The van der Waals surface area contributed by atoms with Gasteiger partial charge in [0.05, 0.1) is 12.6 Å². The van der Waals surface area contributed by atoms with Crippen LogP contribution in [0, 0.1) is 0 Å². The zero-order valence-corrected chi connectivity index (χ0v) is 11.7. The van der Waals surface area contributed by atoms with E-state index >= 15 is 0 Å². The number of hydrogen-bond acceptors (Lipinski definition) is 4. The van der Waals surface area contributed by atoms with Gasteiger partial charge < -0.3 is 14.3 Å². The lowest BCUT2D eigenvalue weighted by Gasteiger charge is -2.39. The van der Waals surface area contributed by atoms with Gasteiger partial charge in [-0.3, -0.25) is 4.90 Å². The van der Waals surface area contributed by atoms with Crippen molar-refractivity contribution in [3.63, 3.8) is 0 Å². The highest BCUT2D eigenvalue weighted by Gasteiger charge is 2.42. The highest BCUT2D eigenvalue weighted by molar-refractivity contribution is 5.89. The number of ether oxygens (including phenoxy) is 2. The first-order chi connectivity index (χ1) is 9.00. The molecule has 2 aliphatic heterocycles. The number of quaternary nitrogens is 1. The average Bonchev–Trinajstić information content (AvgIpc) is 2.84. The molecule has 19 heavy (non-hydrogen) atoms. The lowest BCUT2D eigenvalue weighted by molar-refractivity contribution is -0.975. The van der Waals surface area contributed by atoms with Crippen LogP contribution in [-0.2, 0) is 4.84 Å². The smallest absolute Gasteiger partial charge is 0.283 e. The summed E-state index contributed by atoms with van der Waals surface area (Å²) >= 11 is 0. The predicted molar refractivity (Wildman–Crippen MR) is 70.5 cm³/mol. The van der Waals surface area contributed by atoms with Gasteiger partial charge in [0.25, 0.3) is 6.23 Å². The highest BCUT2D eigenvalue weighted by atomic mass is 16.7. The van der Waals surface area contributed by atoms with E-state index in [1.165, 1.54) is 4.90 Å². The summed E-state index contributed by atoms with van der Waals surface area (Å²) in [7, 11) is 2.12. The zero-order valence-electron chi connectivity index (χ0n) is 11.7. The minimum Gasteiger partial charge on any atom is -0.454 e. The lowest BCUT2D eigenvalue weighted by atomic mass is 9.95. The molecule has 0 fully saturated rings. The van der Waals surface area contributed by atoms with Gasteiger partial charge in [0.1, 0.15) is 11.3 Å². The van der Waals surface area contributed by atoms with Gasteiger partial charge in [0.15, 0.2) is 11.5 Å². The van der Waals surface area contributed by atoms with E-state index in [0.717, 1.165) is 22.8 Å². The third-order valence-corrected chi connectivity index (χ3v) is 4.28.